The molecule has 2 fully saturated rings. The first-order chi connectivity index (χ1) is 50.0. The maximum atomic E-state index is 14.9. The van der Waals surface area contributed by atoms with Gasteiger partial charge in [-0.15, -0.1) is 0 Å². The van der Waals surface area contributed by atoms with Gasteiger partial charge in [0.15, 0.2) is 12.4 Å². The molecule has 20 heteroatoms. The molecule has 2 saturated heterocycles. The highest BCUT2D eigenvalue weighted by Crippen LogP contribution is 2.43. The molecule has 0 aromatic rings. The van der Waals surface area contributed by atoms with Crippen LogP contribution in [-0.2, 0) is 66.3 Å². The van der Waals surface area contributed by atoms with Gasteiger partial charge in [0.25, 0.3) is 0 Å². The number of likely N-dealkylation sites (tertiary alicyclic amines) is 1. The average Bonchev–Trinajstić information content (AvgIpc) is 1.01. The van der Waals surface area contributed by atoms with Gasteiger partial charge in [-0.1, -0.05) is 311 Å². The zero-order valence-corrected chi connectivity index (χ0v) is 67.4. The molecule has 1 unspecified atom stereocenters. The van der Waals surface area contributed by atoms with Crippen LogP contribution in [0, 0.1) is 0 Å². The summed E-state index contributed by atoms with van der Waals surface area (Å²) in [5.41, 5.74) is 0. The smallest absolute Gasteiger partial charge is 0.462 e. The van der Waals surface area contributed by atoms with E-state index in [9.17, 15) is 48.2 Å². The fourth-order valence-electron chi connectivity index (χ4n) is 14.5. The Morgan fingerprint density at radius 1 is 0.437 bits per heavy atom. The molecule has 0 bridgehead atoms. The second-order valence-electron chi connectivity index (χ2n) is 30.5. The van der Waals surface area contributed by atoms with E-state index in [2.05, 4.69) is 46.9 Å². The molecule has 2 heterocycles. The maximum absolute atomic E-state index is 14.9. The lowest BCUT2D eigenvalue weighted by atomic mass is 9.95. The van der Waals surface area contributed by atoms with Crippen LogP contribution in [0.4, 0.5) is 0 Å². The Labute approximate surface area is 627 Å². The number of esters is 4. The molecule has 2 rings (SSSR count). The van der Waals surface area contributed by atoms with E-state index in [0.717, 1.165) is 167 Å². The van der Waals surface area contributed by atoms with Crippen molar-refractivity contribution >= 4 is 43.5 Å². The number of carbonyl (C=O) groups is 6. The van der Waals surface area contributed by atoms with E-state index in [1.165, 1.54) is 116 Å². The lowest BCUT2D eigenvalue weighted by Gasteiger charge is -2.45. The standard InChI is InChI=1S/C83H155N2O17P/c1-7-13-19-25-31-34-40-43-49-57-70(97-76(89)60-52-46-37-28-22-16-10-4)64-74(87)84-80-82(101-79(92)66-72(59-51-45-42-36-33-27-21-15-9-3)99-78(91)62-54-48-39-30-24-18-12-6)81(102-103(93,94)95)73(67-86)100-83(80)96-68-69-56-55-63-85(69)75(88)65-71(58-50-44-41-35-32-26-20-14-8-2)98-77(90)61-53-47-38-29-23-17-11-5/h69-73,80-83,86H,7-68H2,1-6H3,(H,84,87)(H2,93,94,95)/t69-,70+,71+,72+,73+,80+,81+,82+,83?/m0/s1. The topological polar surface area (TPSA) is 260 Å². The van der Waals surface area contributed by atoms with Crippen molar-refractivity contribution in [3.8, 4) is 0 Å². The first-order valence-electron chi connectivity index (χ1n) is 43.0. The summed E-state index contributed by atoms with van der Waals surface area (Å²) in [6.45, 7) is 12.5. The van der Waals surface area contributed by atoms with Crippen LogP contribution in [0.3, 0.4) is 0 Å². The molecular formula is C83H155N2O17P. The van der Waals surface area contributed by atoms with E-state index in [1.807, 2.05) is 0 Å². The monoisotopic (exact) mass is 1480 g/mol. The minimum absolute atomic E-state index is 0.0146. The van der Waals surface area contributed by atoms with E-state index in [1.54, 1.807) is 4.90 Å². The highest BCUT2D eigenvalue weighted by molar-refractivity contribution is 7.46. The van der Waals surface area contributed by atoms with Gasteiger partial charge in [0.05, 0.1) is 38.5 Å². The van der Waals surface area contributed by atoms with Gasteiger partial charge >= 0.3 is 31.7 Å². The number of amides is 2. The van der Waals surface area contributed by atoms with E-state index >= 15 is 0 Å². The number of hydrogen-bond acceptors (Lipinski definition) is 15. The Morgan fingerprint density at radius 3 is 1.12 bits per heavy atom. The number of ether oxygens (including phenoxy) is 6. The summed E-state index contributed by atoms with van der Waals surface area (Å²) in [5.74, 6) is -2.94. The normalized spacial score (nSPS) is 18.6. The molecule has 2 amide bonds. The van der Waals surface area contributed by atoms with Crippen molar-refractivity contribution in [1.82, 2.24) is 10.2 Å². The van der Waals surface area contributed by atoms with Crippen LogP contribution >= 0.6 is 7.82 Å². The summed E-state index contributed by atoms with van der Waals surface area (Å²) >= 11 is 0. The highest BCUT2D eigenvalue weighted by Gasteiger charge is 2.53. The van der Waals surface area contributed by atoms with E-state index in [0.29, 0.717) is 64.3 Å². The molecule has 4 N–H and O–H groups in total. The lowest BCUT2D eigenvalue weighted by Crippen LogP contribution is -2.66. The summed E-state index contributed by atoms with van der Waals surface area (Å²) < 4.78 is 56.2. The predicted octanol–water partition coefficient (Wildman–Crippen LogP) is 20.7. The molecule has 19 nitrogen and oxygen atoms in total. The third kappa shape index (κ3) is 51.0. The zero-order valence-electron chi connectivity index (χ0n) is 66.5. The van der Waals surface area contributed by atoms with E-state index < -0.39 is 99.7 Å². The SMILES string of the molecule is CCCCCCCCCCC[C@H](CC(=O)N[C@H]1C(OC[C@@H]2CCCN2C(=O)C[C@@H](CCCCCCCCCCC)OC(=O)CCCCCCCCC)O[C@H](CO)[C@@H](OP(=O)(O)O)[C@@H]1OC(=O)C[C@@H](CCCCCCCCCCC)OC(=O)CCCCCCCCC)OC(=O)CCCCCCCCC. The Morgan fingerprint density at radius 2 is 0.767 bits per heavy atom. The molecular weight excluding hydrogens is 1330 g/mol. The fourth-order valence-corrected chi connectivity index (χ4v) is 15.1. The van der Waals surface area contributed by atoms with E-state index in [4.69, 9.17) is 32.9 Å². The van der Waals surface area contributed by atoms with Crippen LogP contribution in [0.5, 0.6) is 0 Å². The van der Waals surface area contributed by atoms with Crippen molar-refractivity contribution in [3.63, 3.8) is 0 Å². The van der Waals surface area contributed by atoms with E-state index in [-0.39, 0.29) is 50.6 Å². The Balaban J connectivity index is 2.62. The Kier molecular flexibility index (Phi) is 60.3. The zero-order chi connectivity index (χ0) is 75.2. The summed E-state index contributed by atoms with van der Waals surface area (Å²) in [4.78, 5) is 108. The van der Waals surface area contributed by atoms with Crippen LogP contribution in [0.2, 0.25) is 0 Å². The third-order valence-corrected chi connectivity index (χ3v) is 21.3. The van der Waals surface area contributed by atoms with Crippen molar-refractivity contribution < 1.29 is 81.2 Å². The van der Waals surface area contributed by atoms with Crippen molar-refractivity contribution in [2.45, 2.75) is 475 Å². The Bertz CT molecular complexity index is 2150. The molecule has 0 aromatic carbocycles. The second kappa shape index (κ2) is 64.8. The lowest BCUT2D eigenvalue weighted by molar-refractivity contribution is -0.273. The van der Waals surface area contributed by atoms with Crippen molar-refractivity contribution in [2.75, 3.05) is 19.8 Å². The van der Waals surface area contributed by atoms with Gasteiger partial charge in [0.1, 0.15) is 36.6 Å². The number of unbranched alkanes of at least 4 members (excludes halogenated alkanes) is 42. The summed E-state index contributed by atoms with van der Waals surface area (Å²) in [6.07, 6.45) is 43.7. The van der Waals surface area contributed by atoms with Gasteiger partial charge in [0.2, 0.25) is 11.8 Å². The second-order valence-corrected chi connectivity index (χ2v) is 31.7. The minimum Gasteiger partial charge on any atom is -0.462 e. The van der Waals surface area contributed by atoms with Gasteiger partial charge < -0.3 is 53.5 Å². The number of carbonyl (C=O) groups excluding carboxylic acids is 6. The summed E-state index contributed by atoms with van der Waals surface area (Å²) in [6, 6.07) is -2.10. The largest absolute Gasteiger partial charge is 0.470 e. The summed E-state index contributed by atoms with van der Waals surface area (Å²) in [7, 11) is -5.47. The molecule has 0 radical (unpaired) electrons. The molecule has 0 saturated carbocycles. The third-order valence-electron chi connectivity index (χ3n) is 20.8. The minimum atomic E-state index is -5.47. The van der Waals surface area contributed by atoms with Gasteiger partial charge in [-0.3, -0.25) is 33.3 Å². The van der Waals surface area contributed by atoms with Gasteiger partial charge in [-0.05, 0) is 70.6 Å². The number of nitrogens with zero attached hydrogens (tertiary/aromatic N) is 1. The molecule has 604 valence electrons. The van der Waals surface area contributed by atoms with Crippen molar-refractivity contribution in [1.29, 1.82) is 0 Å². The Hall–Kier alpha value is -3.19. The number of hydrogen-bond donors (Lipinski definition) is 4. The van der Waals surface area contributed by atoms with Crippen LogP contribution < -0.4 is 5.32 Å². The van der Waals surface area contributed by atoms with Crippen LogP contribution in [-0.4, -0.2) is 130 Å². The number of phosphoric ester groups is 1. The maximum Gasteiger partial charge on any atom is 0.470 e. The molecule has 0 spiro atoms. The first-order valence-corrected chi connectivity index (χ1v) is 44.5. The fraction of sp³-hybridized carbons (Fsp3) is 0.928. The molecule has 9 atom stereocenters. The predicted molar refractivity (Wildman–Crippen MR) is 412 cm³/mol. The first kappa shape index (κ1) is 95.9. The number of aliphatic hydroxyl groups excluding tert-OH is 1. The summed E-state index contributed by atoms with van der Waals surface area (Å²) in [5, 5.41) is 14.0. The molecule has 0 aromatic heterocycles. The average molecular weight is 1480 g/mol. The van der Waals surface area contributed by atoms with Gasteiger partial charge in [-0.2, -0.15) is 0 Å². The quantitative estimate of drug-likeness (QED) is 0.0191. The molecule has 103 heavy (non-hydrogen) atoms. The van der Waals surface area contributed by atoms with Crippen LogP contribution in [0.25, 0.3) is 0 Å². The highest BCUT2D eigenvalue weighted by atomic mass is 31.2. The van der Waals surface area contributed by atoms with Crippen molar-refractivity contribution in [3.05, 3.63) is 0 Å². The van der Waals surface area contributed by atoms with Crippen LogP contribution in [0.1, 0.15) is 420 Å². The molecule has 2 aliphatic heterocycles. The van der Waals surface area contributed by atoms with Gasteiger partial charge in [0, 0.05) is 25.8 Å². The number of nitrogens with one attached hydrogen (secondary N) is 1. The van der Waals surface area contributed by atoms with Gasteiger partial charge in [-0.25, -0.2) is 4.57 Å². The van der Waals surface area contributed by atoms with Crippen molar-refractivity contribution in [2.24, 2.45) is 0 Å². The molecule has 2 aliphatic rings. The number of rotatable bonds is 71. The van der Waals surface area contributed by atoms with Crippen LogP contribution in [0.15, 0.2) is 0 Å². The number of phosphoric acid groups is 1. The number of aliphatic hydroxyl groups is 1. The molecule has 0 aliphatic carbocycles.